The second-order valence-corrected chi connectivity index (χ2v) is 8.59. The number of amides is 1. The van der Waals surface area contributed by atoms with Crippen LogP contribution in [0.2, 0.25) is 0 Å². The fraction of sp³-hybridized carbons (Fsp3) is 0.444. The van der Waals surface area contributed by atoms with E-state index in [1.54, 1.807) is 6.07 Å². The highest BCUT2D eigenvalue weighted by Gasteiger charge is 2.27. The first-order valence-corrected chi connectivity index (χ1v) is 10.2. The molecule has 2 heterocycles. The average Bonchev–Trinajstić information content (AvgIpc) is 3.15. The molecular weight excluding hydrogens is 354 g/mol. The standard InChI is InChI=1S/C18H23N3O4S/c1-3-12(2)19-18(23)15-11-17(22)20-16-7-6-13(10-14(15)16)26(24,25)21-8-4-5-9-21/h6-7,10-12H,3-5,8-9H2,1-2H3,(H,19,23)(H,20,22)/t12-/m0/s1. The van der Waals surface area contributed by atoms with Crippen molar-refractivity contribution in [1.29, 1.82) is 0 Å². The molecule has 1 saturated heterocycles. The van der Waals surface area contributed by atoms with E-state index < -0.39 is 15.6 Å². The van der Waals surface area contributed by atoms with Gasteiger partial charge in [0.15, 0.2) is 0 Å². The number of benzene rings is 1. The van der Waals surface area contributed by atoms with Crippen molar-refractivity contribution in [2.24, 2.45) is 0 Å². The molecule has 0 saturated carbocycles. The van der Waals surface area contributed by atoms with Gasteiger partial charge >= 0.3 is 0 Å². The number of fused-ring (bicyclic) bond motifs is 1. The molecule has 1 amide bonds. The lowest BCUT2D eigenvalue weighted by atomic mass is 10.1. The van der Waals surface area contributed by atoms with E-state index in [-0.39, 0.29) is 22.4 Å². The first-order valence-electron chi connectivity index (χ1n) is 8.81. The maximum absolute atomic E-state index is 12.8. The third-order valence-electron chi connectivity index (χ3n) is 4.75. The molecule has 2 N–H and O–H groups in total. The van der Waals surface area contributed by atoms with Gasteiger partial charge in [0, 0.05) is 36.1 Å². The Hall–Kier alpha value is -2.19. The lowest BCUT2D eigenvalue weighted by molar-refractivity contribution is 0.0940. The summed E-state index contributed by atoms with van der Waals surface area (Å²) >= 11 is 0. The monoisotopic (exact) mass is 377 g/mol. The minimum atomic E-state index is -3.60. The molecule has 140 valence electrons. The molecule has 8 heteroatoms. The Morgan fingerprint density at radius 2 is 1.96 bits per heavy atom. The van der Waals surface area contributed by atoms with Crippen LogP contribution in [-0.2, 0) is 10.0 Å². The highest BCUT2D eigenvalue weighted by molar-refractivity contribution is 7.89. The highest BCUT2D eigenvalue weighted by Crippen LogP contribution is 2.25. The van der Waals surface area contributed by atoms with Gasteiger partial charge in [-0.05, 0) is 44.4 Å². The maximum Gasteiger partial charge on any atom is 0.252 e. The fourth-order valence-electron chi connectivity index (χ4n) is 3.06. The molecule has 0 spiro atoms. The molecule has 0 aliphatic carbocycles. The maximum atomic E-state index is 12.8. The van der Waals surface area contributed by atoms with E-state index in [1.807, 2.05) is 13.8 Å². The normalized spacial score (nSPS) is 16.7. The van der Waals surface area contributed by atoms with Gasteiger partial charge in [-0.2, -0.15) is 4.31 Å². The lowest BCUT2D eigenvalue weighted by Gasteiger charge is -2.17. The third-order valence-corrected chi connectivity index (χ3v) is 6.65. The zero-order chi connectivity index (χ0) is 18.9. The van der Waals surface area contributed by atoms with Crippen LogP contribution >= 0.6 is 0 Å². The van der Waals surface area contributed by atoms with Gasteiger partial charge in [0.25, 0.3) is 5.91 Å². The Morgan fingerprint density at radius 1 is 1.27 bits per heavy atom. The van der Waals surface area contributed by atoms with Gasteiger partial charge in [-0.15, -0.1) is 0 Å². The third kappa shape index (κ3) is 3.52. The summed E-state index contributed by atoms with van der Waals surface area (Å²) in [4.78, 5) is 27.3. The van der Waals surface area contributed by atoms with Gasteiger partial charge in [-0.1, -0.05) is 6.92 Å². The van der Waals surface area contributed by atoms with Crippen LogP contribution in [0.25, 0.3) is 10.9 Å². The summed E-state index contributed by atoms with van der Waals surface area (Å²) in [5.41, 5.74) is 0.219. The van der Waals surface area contributed by atoms with Crippen LogP contribution in [0.15, 0.2) is 34.0 Å². The first kappa shape index (κ1) is 18.6. The minimum absolute atomic E-state index is 0.0478. The SMILES string of the molecule is CC[C@H](C)NC(=O)c1cc(=O)[nH]c2ccc(S(=O)(=O)N3CCCC3)cc12. The Morgan fingerprint density at radius 3 is 2.62 bits per heavy atom. The van der Waals surface area contributed by atoms with E-state index >= 15 is 0 Å². The Labute approximate surface area is 152 Å². The number of aromatic nitrogens is 1. The van der Waals surface area contributed by atoms with Crippen LogP contribution in [0.5, 0.6) is 0 Å². The summed E-state index contributed by atoms with van der Waals surface area (Å²) in [5, 5.41) is 3.25. The van der Waals surface area contributed by atoms with Crippen molar-refractivity contribution in [1.82, 2.24) is 14.6 Å². The smallest absolute Gasteiger partial charge is 0.252 e. The molecule has 3 rings (SSSR count). The zero-order valence-corrected chi connectivity index (χ0v) is 15.7. The molecule has 0 radical (unpaired) electrons. The number of sulfonamides is 1. The molecular formula is C18H23N3O4S. The van der Waals surface area contributed by atoms with E-state index in [4.69, 9.17) is 0 Å². The number of nitrogens with one attached hydrogen (secondary N) is 2. The Bertz CT molecular complexity index is 991. The van der Waals surface area contributed by atoms with E-state index in [0.717, 1.165) is 19.3 Å². The zero-order valence-electron chi connectivity index (χ0n) is 14.9. The largest absolute Gasteiger partial charge is 0.350 e. The van der Waals surface area contributed by atoms with Crippen molar-refractivity contribution in [3.05, 3.63) is 40.2 Å². The second kappa shape index (κ2) is 7.20. The van der Waals surface area contributed by atoms with Crippen LogP contribution in [0.1, 0.15) is 43.5 Å². The molecule has 0 bridgehead atoms. The summed E-state index contributed by atoms with van der Waals surface area (Å²) in [6.45, 7) is 4.83. The highest BCUT2D eigenvalue weighted by atomic mass is 32.2. The van der Waals surface area contributed by atoms with Crippen molar-refractivity contribution in [2.45, 2.75) is 44.0 Å². The number of nitrogens with zero attached hydrogens (tertiary/aromatic N) is 1. The van der Waals surface area contributed by atoms with Gasteiger partial charge < -0.3 is 10.3 Å². The van der Waals surface area contributed by atoms with Crippen LogP contribution in [0.3, 0.4) is 0 Å². The van der Waals surface area contributed by atoms with Crippen molar-refractivity contribution >= 4 is 26.8 Å². The predicted octanol–water partition coefficient (Wildman–Crippen LogP) is 1.84. The number of aromatic amines is 1. The van der Waals surface area contributed by atoms with Crippen molar-refractivity contribution in [3.8, 4) is 0 Å². The Balaban J connectivity index is 2.10. The number of carbonyl (C=O) groups is 1. The first-order chi connectivity index (χ1) is 12.3. The summed E-state index contributed by atoms with van der Waals surface area (Å²) in [6.07, 6.45) is 2.45. The number of rotatable bonds is 5. The molecule has 2 aromatic rings. The van der Waals surface area contributed by atoms with Crippen LogP contribution in [0.4, 0.5) is 0 Å². The van der Waals surface area contributed by atoms with Gasteiger partial charge in [0.05, 0.1) is 10.5 Å². The molecule has 1 aliphatic rings. The molecule has 1 aromatic heterocycles. The van der Waals surface area contributed by atoms with Gasteiger partial charge in [0.1, 0.15) is 0 Å². The Kier molecular flexibility index (Phi) is 5.15. The van der Waals surface area contributed by atoms with Gasteiger partial charge in [-0.25, -0.2) is 8.42 Å². The molecule has 1 atom stereocenters. The van der Waals surface area contributed by atoms with E-state index in [9.17, 15) is 18.0 Å². The molecule has 0 unspecified atom stereocenters. The molecule has 1 aromatic carbocycles. The topological polar surface area (TPSA) is 99.3 Å². The quantitative estimate of drug-likeness (QED) is 0.830. The van der Waals surface area contributed by atoms with E-state index in [2.05, 4.69) is 10.3 Å². The van der Waals surface area contributed by atoms with Crippen LogP contribution < -0.4 is 10.9 Å². The van der Waals surface area contributed by atoms with Crippen molar-refractivity contribution in [3.63, 3.8) is 0 Å². The van der Waals surface area contributed by atoms with E-state index in [1.165, 1.54) is 22.5 Å². The fourth-order valence-corrected chi connectivity index (χ4v) is 4.61. The van der Waals surface area contributed by atoms with E-state index in [0.29, 0.717) is 24.0 Å². The number of pyridine rings is 1. The summed E-state index contributed by atoms with van der Waals surface area (Å²) in [7, 11) is -3.60. The lowest BCUT2D eigenvalue weighted by Crippen LogP contribution is -2.33. The number of carbonyl (C=O) groups excluding carboxylic acids is 1. The van der Waals surface area contributed by atoms with Crippen LogP contribution in [-0.4, -0.2) is 42.7 Å². The molecule has 26 heavy (non-hydrogen) atoms. The predicted molar refractivity (Wildman–Crippen MR) is 99.8 cm³/mol. The molecule has 1 aliphatic heterocycles. The summed E-state index contributed by atoms with van der Waals surface area (Å²) in [6, 6.07) is 5.66. The summed E-state index contributed by atoms with van der Waals surface area (Å²) in [5.74, 6) is -0.383. The number of hydrogen-bond donors (Lipinski definition) is 2. The number of hydrogen-bond acceptors (Lipinski definition) is 4. The second-order valence-electron chi connectivity index (χ2n) is 6.65. The summed E-state index contributed by atoms with van der Waals surface area (Å²) < 4.78 is 27.1. The number of H-pyrrole nitrogens is 1. The van der Waals surface area contributed by atoms with Gasteiger partial charge in [-0.3, -0.25) is 9.59 Å². The van der Waals surface area contributed by atoms with Gasteiger partial charge in [0.2, 0.25) is 15.6 Å². The minimum Gasteiger partial charge on any atom is -0.350 e. The molecule has 1 fully saturated rings. The average molecular weight is 377 g/mol. The van der Waals surface area contributed by atoms with Crippen LogP contribution in [0, 0.1) is 0 Å². The molecule has 7 nitrogen and oxygen atoms in total. The van der Waals surface area contributed by atoms with Crippen molar-refractivity contribution < 1.29 is 13.2 Å². The van der Waals surface area contributed by atoms with Crippen molar-refractivity contribution in [2.75, 3.05) is 13.1 Å².